The minimum atomic E-state index is -0.487. The van der Waals surface area contributed by atoms with Crippen molar-refractivity contribution in [1.29, 1.82) is 10.5 Å². The van der Waals surface area contributed by atoms with Crippen molar-refractivity contribution in [3.8, 4) is 23.6 Å². The van der Waals surface area contributed by atoms with Crippen molar-refractivity contribution in [1.82, 2.24) is 0 Å². The van der Waals surface area contributed by atoms with Gasteiger partial charge in [-0.2, -0.15) is 10.5 Å². The minimum Gasteiger partial charge on any atom is -0.493 e. The van der Waals surface area contributed by atoms with Crippen LogP contribution in [0.15, 0.2) is 60.7 Å². The molecule has 3 rings (SSSR count). The fraction of sp³-hybridized carbons (Fsp3) is 0.0833. The molecule has 0 unspecified atom stereocenters. The third kappa shape index (κ3) is 4.60. The molecule has 0 atom stereocenters. The number of hydrogen-bond acceptors (Lipinski definition) is 4. The van der Waals surface area contributed by atoms with E-state index in [0.717, 1.165) is 0 Å². The van der Waals surface area contributed by atoms with Crippen LogP contribution in [0.2, 0.25) is 5.02 Å². The van der Waals surface area contributed by atoms with E-state index in [-0.39, 0.29) is 22.8 Å². The smallest absolute Gasteiger partial charge is 0.180 e. The molecule has 0 aliphatic heterocycles. The first kappa shape index (κ1) is 20.9. The molecule has 0 saturated carbocycles. The first-order valence-electron chi connectivity index (χ1n) is 8.92. The average molecular weight is 419 g/mol. The molecule has 0 bridgehead atoms. The zero-order valence-electron chi connectivity index (χ0n) is 16.0. The van der Waals surface area contributed by atoms with E-state index < -0.39 is 5.82 Å². The van der Waals surface area contributed by atoms with E-state index in [9.17, 15) is 14.9 Å². The molecule has 3 aromatic carbocycles. The lowest BCUT2D eigenvalue weighted by Crippen LogP contribution is -2.01. The lowest BCUT2D eigenvalue weighted by molar-refractivity contribution is 0.284. The summed E-state index contributed by atoms with van der Waals surface area (Å²) < 4.78 is 25.3. The summed E-state index contributed by atoms with van der Waals surface area (Å²) >= 11 is 6.40. The summed E-state index contributed by atoms with van der Waals surface area (Å²) in [6.45, 7) is 0.133. The first-order chi connectivity index (χ1) is 14.6. The summed E-state index contributed by atoms with van der Waals surface area (Å²) in [6, 6.07) is 20.5. The van der Waals surface area contributed by atoms with Gasteiger partial charge in [-0.25, -0.2) is 4.39 Å². The standard InChI is InChI=1S/C24H16ClFN2O2/c1-29-23-12-16(10-19(14-28)20-8-4-5-9-22(20)26)11-21(25)24(23)30-15-18-7-3-2-6-17(18)13-27/h2-12H,15H2,1H3. The number of ether oxygens (including phenoxy) is 2. The quantitative estimate of drug-likeness (QED) is 0.363. The third-order valence-corrected chi connectivity index (χ3v) is 4.64. The number of benzene rings is 3. The molecular formula is C24H16ClFN2O2. The van der Waals surface area contributed by atoms with Gasteiger partial charge in [-0.05, 0) is 35.9 Å². The van der Waals surface area contributed by atoms with E-state index in [1.54, 1.807) is 42.5 Å². The van der Waals surface area contributed by atoms with Gasteiger partial charge in [0.2, 0.25) is 0 Å². The van der Waals surface area contributed by atoms with Crippen LogP contribution in [-0.2, 0) is 6.61 Å². The van der Waals surface area contributed by atoms with Gasteiger partial charge >= 0.3 is 0 Å². The third-order valence-electron chi connectivity index (χ3n) is 4.36. The van der Waals surface area contributed by atoms with Gasteiger partial charge in [0.15, 0.2) is 11.5 Å². The highest BCUT2D eigenvalue weighted by atomic mass is 35.5. The maximum Gasteiger partial charge on any atom is 0.180 e. The SMILES string of the molecule is COc1cc(C=C(C#N)c2ccccc2F)cc(Cl)c1OCc1ccccc1C#N. The summed E-state index contributed by atoms with van der Waals surface area (Å²) in [6.07, 6.45) is 1.53. The highest BCUT2D eigenvalue weighted by Gasteiger charge is 2.14. The zero-order valence-corrected chi connectivity index (χ0v) is 16.8. The molecule has 0 aromatic heterocycles. The lowest BCUT2D eigenvalue weighted by Gasteiger charge is -2.14. The van der Waals surface area contributed by atoms with Crippen LogP contribution in [0.25, 0.3) is 11.6 Å². The molecule has 0 amide bonds. The molecule has 0 saturated heterocycles. The molecular weight excluding hydrogens is 403 g/mol. The molecule has 0 aliphatic carbocycles. The Morgan fingerprint density at radius 1 is 1.10 bits per heavy atom. The Labute approximate surface area is 179 Å². The van der Waals surface area contributed by atoms with Crippen LogP contribution >= 0.6 is 11.6 Å². The Bertz CT molecular complexity index is 1190. The van der Waals surface area contributed by atoms with Crippen molar-refractivity contribution in [2.45, 2.75) is 6.61 Å². The summed E-state index contributed by atoms with van der Waals surface area (Å²) in [5.41, 5.74) is 2.14. The maximum atomic E-state index is 14.1. The van der Waals surface area contributed by atoms with Crippen LogP contribution in [0.1, 0.15) is 22.3 Å². The Morgan fingerprint density at radius 2 is 1.83 bits per heavy atom. The van der Waals surface area contributed by atoms with Gasteiger partial charge in [0.25, 0.3) is 0 Å². The van der Waals surface area contributed by atoms with Gasteiger partial charge in [0.1, 0.15) is 12.4 Å². The monoisotopic (exact) mass is 418 g/mol. The number of methoxy groups -OCH3 is 1. The Morgan fingerprint density at radius 3 is 2.53 bits per heavy atom. The van der Waals surface area contributed by atoms with E-state index in [0.29, 0.717) is 28.2 Å². The van der Waals surface area contributed by atoms with Crippen LogP contribution in [0.3, 0.4) is 0 Å². The largest absolute Gasteiger partial charge is 0.493 e. The summed E-state index contributed by atoms with van der Waals surface area (Å²) in [5.74, 6) is 0.182. The van der Waals surface area contributed by atoms with Crippen molar-refractivity contribution in [2.75, 3.05) is 7.11 Å². The molecule has 0 radical (unpaired) electrons. The molecule has 4 nitrogen and oxygen atoms in total. The fourth-order valence-corrected chi connectivity index (χ4v) is 3.16. The van der Waals surface area contributed by atoms with Gasteiger partial charge < -0.3 is 9.47 Å². The van der Waals surface area contributed by atoms with E-state index in [2.05, 4.69) is 6.07 Å². The van der Waals surface area contributed by atoms with Gasteiger partial charge in [-0.1, -0.05) is 48.0 Å². The second-order valence-electron chi connectivity index (χ2n) is 6.24. The van der Waals surface area contributed by atoms with Gasteiger partial charge in [0.05, 0.1) is 35.4 Å². The van der Waals surface area contributed by atoms with Crippen molar-refractivity contribution in [3.63, 3.8) is 0 Å². The van der Waals surface area contributed by atoms with Gasteiger partial charge in [-0.3, -0.25) is 0 Å². The summed E-state index contributed by atoms with van der Waals surface area (Å²) in [5, 5.41) is 19.0. The average Bonchev–Trinajstić information content (AvgIpc) is 2.77. The van der Waals surface area contributed by atoms with Crippen molar-refractivity contribution < 1.29 is 13.9 Å². The van der Waals surface area contributed by atoms with E-state index in [4.69, 9.17) is 21.1 Å². The fourth-order valence-electron chi connectivity index (χ4n) is 2.88. The predicted molar refractivity (Wildman–Crippen MR) is 113 cm³/mol. The van der Waals surface area contributed by atoms with E-state index in [1.165, 1.54) is 25.3 Å². The Hall–Kier alpha value is -3.80. The number of allylic oxidation sites excluding steroid dienone is 1. The number of rotatable bonds is 6. The molecule has 0 spiro atoms. The summed E-state index contributed by atoms with van der Waals surface area (Å²) in [4.78, 5) is 0. The number of nitrogens with zero attached hydrogens (tertiary/aromatic N) is 2. The molecule has 148 valence electrons. The van der Waals surface area contributed by atoms with E-state index in [1.807, 2.05) is 12.1 Å². The number of hydrogen-bond donors (Lipinski definition) is 0. The second kappa shape index (κ2) is 9.60. The van der Waals surface area contributed by atoms with Crippen LogP contribution in [0.4, 0.5) is 4.39 Å². The molecule has 0 heterocycles. The van der Waals surface area contributed by atoms with Crippen molar-refractivity contribution in [2.24, 2.45) is 0 Å². The minimum absolute atomic E-state index is 0.133. The molecule has 0 aliphatic rings. The van der Waals surface area contributed by atoms with Gasteiger partial charge in [0, 0.05) is 11.1 Å². The zero-order chi connectivity index (χ0) is 21.5. The highest BCUT2D eigenvalue weighted by Crippen LogP contribution is 2.38. The van der Waals surface area contributed by atoms with Crippen LogP contribution < -0.4 is 9.47 Å². The van der Waals surface area contributed by atoms with Crippen molar-refractivity contribution in [3.05, 3.63) is 93.8 Å². The molecule has 3 aromatic rings. The van der Waals surface area contributed by atoms with Crippen LogP contribution in [0.5, 0.6) is 11.5 Å². The first-order valence-corrected chi connectivity index (χ1v) is 9.30. The number of nitriles is 2. The normalized spacial score (nSPS) is 10.8. The molecule has 6 heteroatoms. The molecule has 30 heavy (non-hydrogen) atoms. The lowest BCUT2D eigenvalue weighted by atomic mass is 10.0. The Balaban J connectivity index is 1.93. The van der Waals surface area contributed by atoms with Crippen LogP contribution in [0, 0.1) is 28.5 Å². The Kier molecular flexibility index (Phi) is 6.70. The number of halogens is 2. The molecule has 0 N–H and O–H groups in total. The van der Waals surface area contributed by atoms with E-state index >= 15 is 0 Å². The maximum absolute atomic E-state index is 14.1. The molecule has 0 fully saturated rings. The highest BCUT2D eigenvalue weighted by molar-refractivity contribution is 6.32. The van der Waals surface area contributed by atoms with Gasteiger partial charge in [-0.15, -0.1) is 0 Å². The van der Waals surface area contributed by atoms with Crippen LogP contribution in [-0.4, -0.2) is 7.11 Å². The van der Waals surface area contributed by atoms with Crippen molar-refractivity contribution >= 4 is 23.3 Å². The predicted octanol–water partition coefficient (Wildman–Crippen LogP) is 6.00. The second-order valence-corrected chi connectivity index (χ2v) is 6.65. The topological polar surface area (TPSA) is 66.0 Å². The summed E-state index contributed by atoms with van der Waals surface area (Å²) in [7, 11) is 1.47.